The number of aliphatic hydroxyl groups excluding tert-OH is 1. The van der Waals surface area contributed by atoms with E-state index in [0.29, 0.717) is 5.92 Å². The van der Waals surface area contributed by atoms with Crippen LogP contribution in [0, 0.1) is 5.92 Å². The van der Waals surface area contributed by atoms with Crippen LogP contribution in [0.1, 0.15) is 45.4 Å². The molecule has 0 aromatic carbocycles. The van der Waals surface area contributed by atoms with E-state index in [4.69, 9.17) is 0 Å². The lowest BCUT2D eigenvalue weighted by Crippen LogP contribution is -2.17. The molecule has 2 aliphatic carbocycles. The Hall–Kier alpha value is -1.64. The third kappa shape index (κ3) is 3.43. The summed E-state index contributed by atoms with van der Waals surface area (Å²) in [5.41, 5.74) is 0.730. The van der Waals surface area contributed by atoms with E-state index in [9.17, 15) is 14.7 Å². The first-order valence-corrected chi connectivity index (χ1v) is 6.94. The topological polar surface area (TPSA) is 54.4 Å². The van der Waals surface area contributed by atoms with E-state index >= 15 is 0 Å². The van der Waals surface area contributed by atoms with Crippen molar-refractivity contribution in [3.63, 3.8) is 0 Å². The van der Waals surface area contributed by atoms with Gasteiger partial charge in [-0.1, -0.05) is 30.9 Å². The molecule has 0 heterocycles. The Morgan fingerprint density at radius 1 is 1.32 bits per heavy atom. The highest BCUT2D eigenvalue weighted by Crippen LogP contribution is 2.25. The van der Waals surface area contributed by atoms with Crippen LogP contribution in [0.15, 0.2) is 35.1 Å². The van der Waals surface area contributed by atoms with Crippen LogP contribution in [0.25, 0.3) is 0 Å². The summed E-state index contributed by atoms with van der Waals surface area (Å²) in [4.78, 5) is 23.8. The van der Waals surface area contributed by atoms with Crippen molar-refractivity contribution in [3.8, 4) is 0 Å². The van der Waals surface area contributed by atoms with Gasteiger partial charge in [-0.2, -0.15) is 0 Å². The van der Waals surface area contributed by atoms with Gasteiger partial charge in [0.1, 0.15) is 11.3 Å². The predicted octanol–water partition coefficient (Wildman–Crippen LogP) is 3.42. The van der Waals surface area contributed by atoms with Crippen LogP contribution in [0.4, 0.5) is 0 Å². The maximum absolute atomic E-state index is 12.0. The van der Waals surface area contributed by atoms with Crippen molar-refractivity contribution in [2.45, 2.75) is 45.4 Å². The summed E-state index contributed by atoms with van der Waals surface area (Å²) in [6.45, 7) is 1.77. The quantitative estimate of drug-likeness (QED) is 0.625. The van der Waals surface area contributed by atoms with Crippen molar-refractivity contribution in [1.29, 1.82) is 0 Å². The van der Waals surface area contributed by atoms with Gasteiger partial charge < -0.3 is 5.11 Å². The largest absolute Gasteiger partial charge is 0.507 e. The summed E-state index contributed by atoms with van der Waals surface area (Å²) in [5.74, 6) is -0.393. The monoisotopic (exact) mass is 260 g/mol. The molecule has 1 N–H and O–H groups in total. The van der Waals surface area contributed by atoms with E-state index in [1.165, 1.54) is 31.4 Å². The SMILES string of the molecule is CC1=CC(O)=C(C(=O)/C=C/C2CCCCC2)C(=O)C1. The van der Waals surface area contributed by atoms with Gasteiger partial charge in [0.05, 0.1) is 0 Å². The number of rotatable bonds is 3. The summed E-state index contributed by atoms with van der Waals surface area (Å²) in [5, 5.41) is 9.74. The fourth-order valence-electron chi connectivity index (χ4n) is 2.74. The number of Topliss-reactive ketones (excluding diaryl/α,β-unsaturated/α-hetero) is 1. The van der Waals surface area contributed by atoms with Crippen LogP contribution in [0.2, 0.25) is 0 Å². The summed E-state index contributed by atoms with van der Waals surface area (Å²) >= 11 is 0. The molecule has 0 aromatic rings. The molecule has 1 fully saturated rings. The Morgan fingerprint density at radius 3 is 2.63 bits per heavy atom. The standard InChI is InChI=1S/C16H20O3/c1-11-9-14(18)16(15(19)10-11)13(17)8-7-12-5-3-2-4-6-12/h7-9,12,18H,2-6,10H2,1H3/b8-7+. The number of hydrogen-bond acceptors (Lipinski definition) is 3. The molecule has 3 nitrogen and oxygen atoms in total. The van der Waals surface area contributed by atoms with E-state index in [-0.39, 0.29) is 29.3 Å². The lowest BCUT2D eigenvalue weighted by atomic mass is 9.88. The van der Waals surface area contributed by atoms with Gasteiger partial charge in [0.2, 0.25) is 0 Å². The first-order valence-electron chi connectivity index (χ1n) is 6.94. The van der Waals surface area contributed by atoms with E-state index in [0.717, 1.165) is 18.4 Å². The molecule has 0 atom stereocenters. The summed E-state index contributed by atoms with van der Waals surface area (Å²) in [7, 11) is 0. The molecular formula is C16H20O3. The number of aliphatic hydroxyl groups is 1. The minimum absolute atomic E-state index is 0.0577. The van der Waals surface area contributed by atoms with Crippen LogP contribution in [-0.4, -0.2) is 16.7 Å². The van der Waals surface area contributed by atoms with E-state index in [1.54, 1.807) is 6.92 Å². The molecule has 3 heteroatoms. The Morgan fingerprint density at radius 2 is 2.00 bits per heavy atom. The molecule has 1 saturated carbocycles. The lowest BCUT2D eigenvalue weighted by Gasteiger charge is -2.17. The maximum Gasteiger partial charge on any atom is 0.192 e. The van der Waals surface area contributed by atoms with E-state index in [2.05, 4.69) is 0 Å². The van der Waals surface area contributed by atoms with Crippen molar-refractivity contribution in [2.75, 3.05) is 0 Å². The van der Waals surface area contributed by atoms with Gasteiger partial charge >= 0.3 is 0 Å². The minimum atomic E-state index is -0.364. The molecule has 0 radical (unpaired) electrons. The molecule has 0 amide bonds. The Kier molecular flexibility index (Phi) is 4.35. The van der Waals surface area contributed by atoms with Crippen molar-refractivity contribution in [3.05, 3.63) is 35.1 Å². The van der Waals surface area contributed by atoms with Crippen molar-refractivity contribution < 1.29 is 14.7 Å². The van der Waals surface area contributed by atoms with Gasteiger partial charge in [-0.15, -0.1) is 0 Å². The highest BCUT2D eigenvalue weighted by Gasteiger charge is 2.24. The molecule has 2 aliphatic rings. The average Bonchev–Trinajstić information content (AvgIpc) is 2.36. The number of carbonyl (C=O) groups excluding carboxylic acids is 2. The predicted molar refractivity (Wildman–Crippen MR) is 73.8 cm³/mol. The molecule has 19 heavy (non-hydrogen) atoms. The van der Waals surface area contributed by atoms with Gasteiger partial charge in [-0.3, -0.25) is 9.59 Å². The Balaban J connectivity index is 2.08. The Labute approximate surface area is 113 Å². The number of ketones is 2. The molecule has 0 saturated heterocycles. The highest BCUT2D eigenvalue weighted by molar-refractivity contribution is 6.25. The first-order chi connectivity index (χ1) is 9.08. The zero-order chi connectivity index (χ0) is 13.8. The highest BCUT2D eigenvalue weighted by atomic mass is 16.3. The van der Waals surface area contributed by atoms with Gasteiger partial charge in [0.25, 0.3) is 0 Å². The van der Waals surface area contributed by atoms with Crippen LogP contribution >= 0.6 is 0 Å². The minimum Gasteiger partial charge on any atom is -0.507 e. The molecule has 0 spiro atoms. The molecule has 102 valence electrons. The fraction of sp³-hybridized carbons (Fsp3) is 0.500. The summed E-state index contributed by atoms with van der Waals surface area (Å²) < 4.78 is 0. The lowest BCUT2D eigenvalue weighted by molar-refractivity contribution is -0.119. The van der Waals surface area contributed by atoms with E-state index in [1.807, 2.05) is 6.08 Å². The van der Waals surface area contributed by atoms with Crippen LogP contribution in [0.3, 0.4) is 0 Å². The number of allylic oxidation sites excluding steroid dienone is 5. The zero-order valence-electron chi connectivity index (χ0n) is 11.3. The maximum atomic E-state index is 12.0. The fourth-order valence-corrected chi connectivity index (χ4v) is 2.74. The Bertz CT molecular complexity index is 474. The smallest absolute Gasteiger partial charge is 0.192 e. The van der Waals surface area contributed by atoms with Gasteiger partial charge in [0, 0.05) is 6.42 Å². The molecule has 0 bridgehead atoms. The van der Waals surface area contributed by atoms with Crippen molar-refractivity contribution in [1.82, 2.24) is 0 Å². The molecule has 0 aliphatic heterocycles. The van der Waals surface area contributed by atoms with Crippen LogP contribution < -0.4 is 0 Å². The third-order valence-corrected chi connectivity index (χ3v) is 3.77. The summed E-state index contributed by atoms with van der Waals surface area (Å²) in [6, 6.07) is 0. The number of hydrogen-bond donors (Lipinski definition) is 1. The molecule has 0 aromatic heterocycles. The van der Waals surface area contributed by atoms with Gasteiger partial charge in [0.15, 0.2) is 11.6 Å². The molecular weight excluding hydrogens is 240 g/mol. The zero-order valence-corrected chi connectivity index (χ0v) is 11.3. The average molecular weight is 260 g/mol. The van der Waals surface area contributed by atoms with Crippen LogP contribution in [0.5, 0.6) is 0 Å². The first kappa shape index (κ1) is 13.8. The normalized spacial score (nSPS) is 21.9. The number of carbonyl (C=O) groups is 2. The second-order valence-electron chi connectivity index (χ2n) is 5.47. The van der Waals surface area contributed by atoms with Crippen molar-refractivity contribution in [2.24, 2.45) is 5.92 Å². The second kappa shape index (κ2) is 6.00. The van der Waals surface area contributed by atoms with Gasteiger partial charge in [-0.25, -0.2) is 0 Å². The second-order valence-corrected chi connectivity index (χ2v) is 5.47. The third-order valence-electron chi connectivity index (χ3n) is 3.77. The molecule has 0 unspecified atom stereocenters. The summed E-state index contributed by atoms with van der Waals surface area (Å²) in [6.07, 6.45) is 11.0. The van der Waals surface area contributed by atoms with Crippen LogP contribution in [-0.2, 0) is 9.59 Å². The molecule has 2 rings (SSSR count). The van der Waals surface area contributed by atoms with Crippen molar-refractivity contribution >= 4 is 11.6 Å². The van der Waals surface area contributed by atoms with Gasteiger partial charge in [-0.05, 0) is 37.8 Å². The van der Waals surface area contributed by atoms with E-state index < -0.39 is 0 Å².